The summed E-state index contributed by atoms with van der Waals surface area (Å²) in [5.41, 5.74) is 3.62. The van der Waals surface area contributed by atoms with Gasteiger partial charge in [-0.15, -0.1) is 0 Å². The SMILES string of the molecule is CC(C)NC(=O)c1c(N)nsc1NC1(C(F)(F)F)CC1. The van der Waals surface area contributed by atoms with Crippen LogP contribution in [0.2, 0.25) is 0 Å². The first-order chi connectivity index (χ1) is 9.16. The van der Waals surface area contributed by atoms with Crippen LogP contribution < -0.4 is 16.4 Å². The molecule has 0 aromatic carbocycles. The highest BCUT2D eigenvalue weighted by molar-refractivity contribution is 7.11. The van der Waals surface area contributed by atoms with Crippen molar-refractivity contribution in [3.63, 3.8) is 0 Å². The maximum atomic E-state index is 12.9. The smallest absolute Gasteiger partial charge is 0.382 e. The Bertz CT molecular complexity index is 522. The molecule has 9 heteroatoms. The second-order valence-electron chi connectivity index (χ2n) is 5.10. The van der Waals surface area contributed by atoms with E-state index in [0.717, 1.165) is 11.5 Å². The number of hydrogen-bond donors (Lipinski definition) is 3. The molecule has 112 valence electrons. The van der Waals surface area contributed by atoms with Gasteiger partial charge in [-0.1, -0.05) is 0 Å². The molecule has 1 heterocycles. The van der Waals surface area contributed by atoms with Crippen molar-refractivity contribution in [3.05, 3.63) is 5.56 Å². The third-order valence-corrected chi connectivity index (χ3v) is 3.79. The molecular weight excluding hydrogens is 293 g/mol. The van der Waals surface area contributed by atoms with E-state index < -0.39 is 17.6 Å². The lowest BCUT2D eigenvalue weighted by Crippen LogP contribution is -2.39. The first kappa shape index (κ1) is 14.9. The summed E-state index contributed by atoms with van der Waals surface area (Å²) in [7, 11) is 0. The number of nitrogens with two attached hydrogens (primary N) is 1. The van der Waals surface area contributed by atoms with Gasteiger partial charge in [0.1, 0.15) is 16.1 Å². The summed E-state index contributed by atoms with van der Waals surface area (Å²) in [5.74, 6) is -0.583. The summed E-state index contributed by atoms with van der Waals surface area (Å²) in [4.78, 5) is 12.0. The van der Waals surface area contributed by atoms with Crippen molar-refractivity contribution < 1.29 is 18.0 Å². The molecule has 0 radical (unpaired) electrons. The molecule has 1 amide bonds. The van der Waals surface area contributed by atoms with Gasteiger partial charge in [-0.05, 0) is 38.2 Å². The van der Waals surface area contributed by atoms with Crippen LogP contribution in [-0.4, -0.2) is 28.0 Å². The largest absolute Gasteiger partial charge is 0.411 e. The van der Waals surface area contributed by atoms with E-state index in [1.807, 2.05) is 0 Å². The predicted octanol–water partition coefficient (Wildman–Crippen LogP) is 2.37. The highest BCUT2D eigenvalue weighted by atomic mass is 32.1. The normalized spacial score (nSPS) is 17.1. The van der Waals surface area contributed by atoms with Gasteiger partial charge in [0.25, 0.3) is 5.91 Å². The molecule has 1 aromatic heterocycles. The van der Waals surface area contributed by atoms with Crippen molar-refractivity contribution in [1.29, 1.82) is 0 Å². The number of amides is 1. The van der Waals surface area contributed by atoms with Gasteiger partial charge in [0.2, 0.25) is 0 Å². The van der Waals surface area contributed by atoms with Crippen molar-refractivity contribution in [3.8, 4) is 0 Å². The van der Waals surface area contributed by atoms with Crippen molar-refractivity contribution in [2.24, 2.45) is 0 Å². The van der Waals surface area contributed by atoms with Crippen LogP contribution in [0.15, 0.2) is 0 Å². The predicted molar refractivity (Wildman–Crippen MR) is 70.8 cm³/mol. The van der Waals surface area contributed by atoms with E-state index in [4.69, 9.17) is 5.73 Å². The Morgan fingerprint density at radius 1 is 1.45 bits per heavy atom. The molecule has 2 rings (SSSR count). The Morgan fingerprint density at radius 2 is 2.05 bits per heavy atom. The molecule has 1 fully saturated rings. The van der Waals surface area contributed by atoms with Gasteiger partial charge in [-0.3, -0.25) is 4.79 Å². The van der Waals surface area contributed by atoms with E-state index in [1.165, 1.54) is 0 Å². The fourth-order valence-electron chi connectivity index (χ4n) is 1.76. The molecule has 4 N–H and O–H groups in total. The second-order valence-corrected chi connectivity index (χ2v) is 5.88. The number of nitrogens with zero attached hydrogens (tertiary/aromatic N) is 1. The van der Waals surface area contributed by atoms with Crippen molar-refractivity contribution in [2.45, 2.75) is 44.4 Å². The average Bonchev–Trinajstić information content (AvgIpc) is 2.97. The number of hydrogen-bond acceptors (Lipinski definition) is 5. The summed E-state index contributed by atoms with van der Waals surface area (Å²) in [5, 5.41) is 5.07. The molecular formula is C11H15F3N4OS. The maximum absolute atomic E-state index is 12.9. The zero-order chi connectivity index (χ0) is 15.1. The van der Waals surface area contributed by atoms with E-state index in [1.54, 1.807) is 13.8 Å². The molecule has 1 saturated carbocycles. The topological polar surface area (TPSA) is 80.0 Å². The lowest BCUT2D eigenvalue weighted by atomic mass is 10.2. The van der Waals surface area contributed by atoms with Gasteiger partial charge >= 0.3 is 6.18 Å². The Balaban J connectivity index is 2.24. The Hall–Kier alpha value is -1.51. The molecule has 0 spiro atoms. The standard InChI is InChI=1S/C11H15F3N4OS/c1-5(2)16-8(19)6-7(15)18-20-9(6)17-10(3-4-10)11(12,13)14/h5,17H,3-4H2,1-2H3,(H2,15,18)(H,16,19). The Labute approximate surface area is 117 Å². The van der Waals surface area contributed by atoms with Crippen LogP contribution in [0.3, 0.4) is 0 Å². The zero-order valence-corrected chi connectivity index (χ0v) is 11.8. The summed E-state index contributed by atoms with van der Waals surface area (Å²) in [6, 6.07) is -0.146. The van der Waals surface area contributed by atoms with Crippen LogP contribution in [0, 0.1) is 0 Å². The van der Waals surface area contributed by atoms with Crippen molar-refractivity contribution in [2.75, 3.05) is 11.1 Å². The summed E-state index contributed by atoms with van der Waals surface area (Å²) in [6.45, 7) is 3.50. The molecule has 0 atom stereocenters. The van der Waals surface area contributed by atoms with Crippen LogP contribution in [0.5, 0.6) is 0 Å². The number of rotatable bonds is 4. The summed E-state index contributed by atoms with van der Waals surface area (Å²) in [6.07, 6.45) is -4.39. The zero-order valence-electron chi connectivity index (χ0n) is 11.0. The first-order valence-electron chi connectivity index (χ1n) is 6.07. The number of halogens is 3. The van der Waals surface area contributed by atoms with Crippen molar-refractivity contribution >= 4 is 28.3 Å². The Morgan fingerprint density at radius 3 is 2.50 bits per heavy atom. The average molecular weight is 308 g/mol. The van der Waals surface area contributed by atoms with E-state index in [9.17, 15) is 18.0 Å². The quantitative estimate of drug-likeness (QED) is 0.798. The van der Waals surface area contributed by atoms with Crippen LogP contribution in [0.1, 0.15) is 37.0 Å². The van der Waals surface area contributed by atoms with Crippen LogP contribution in [0.25, 0.3) is 0 Å². The van der Waals surface area contributed by atoms with Crippen LogP contribution >= 0.6 is 11.5 Å². The minimum atomic E-state index is -4.36. The van der Waals surface area contributed by atoms with E-state index in [-0.39, 0.29) is 35.3 Å². The van der Waals surface area contributed by atoms with Gasteiger partial charge in [0.05, 0.1) is 0 Å². The highest BCUT2D eigenvalue weighted by Gasteiger charge is 2.64. The minimum Gasteiger partial charge on any atom is -0.382 e. The molecule has 0 bridgehead atoms. The number of carbonyl (C=O) groups excluding carboxylic acids is 1. The molecule has 0 unspecified atom stereocenters. The third-order valence-electron chi connectivity index (χ3n) is 3.01. The molecule has 1 aliphatic rings. The number of nitrogens with one attached hydrogen (secondary N) is 2. The molecule has 0 aliphatic heterocycles. The van der Waals surface area contributed by atoms with Gasteiger partial charge < -0.3 is 16.4 Å². The van der Waals surface area contributed by atoms with Crippen LogP contribution in [0.4, 0.5) is 24.0 Å². The molecule has 20 heavy (non-hydrogen) atoms. The maximum Gasteiger partial charge on any atom is 0.411 e. The Kier molecular flexibility index (Phi) is 3.57. The van der Waals surface area contributed by atoms with Gasteiger partial charge in [0, 0.05) is 6.04 Å². The van der Waals surface area contributed by atoms with E-state index in [2.05, 4.69) is 15.0 Å². The van der Waals surface area contributed by atoms with Crippen LogP contribution in [-0.2, 0) is 0 Å². The van der Waals surface area contributed by atoms with Gasteiger partial charge in [-0.2, -0.15) is 17.5 Å². The summed E-state index contributed by atoms with van der Waals surface area (Å²) < 4.78 is 42.5. The fraction of sp³-hybridized carbons (Fsp3) is 0.636. The monoisotopic (exact) mass is 308 g/mol. The second kappa shape index (κ2) is 4.80. The summed E-state index contributed by atoms with van der Waals surface area (Å²) >= 11 is 0.768. The number of carbonyl (C=O) groups is 1. The molecule has 0 saturated heterocycles. The number of nitrogen functional groups attached to an aromatic ring is 1. The first-order valence-corrected chi connectivity index (χ1v) is 6.84. The minimum absolute atomic E-state index is 0.0143. The third kappa shape index (κ3) is 2.67. The van der Waals surface area contributed by atoms with E-state index >= 15 is 0 Å². The lowest BCUT2D eigenvalue weighted by molar-refractivity contribution is -0.151. The number of aromatic nitrogens is 1. The molecule has 1 aromatic rings. The molecule has 5 nitrogen and oxygen atoms in total. The molecule has 1 aliphatic carbocycles. The number of anilines is 2. The van der Waals surface area contributed by atoms with Gasteiger partial charge in [-0.25, -0.2) is 0 Å². The lowest BCUT2D eigenvalue weighted by Gasteiger charge is -2.21. The number of alkyl halides is 3. The fourth-order valence-corrected chi connectivity index (χ4v) is 2.57. The van der Waals surface area contributed by atoms with E-state index in [0.29, 0.717) is 0 Å². The highest BCUT2D eigenvalue weighted by Crippen LogP contribution is 2.52. The van der Waals surface area contributed by atoms with Gasteiger partial charge in [0.15, 0.2) is 5.82 Å². The van der Waals surface area contributed by atoms with Crippen molar-refractivity contribution in [1.82, 2.24) is 9.69 Å².